The van der Waals surface area contributed by atoms with Crippen molar-refractivity contribution in [2.45, 2.75) is 50.4 Å². The summed E-state index contributed by atoms with van der Waals surface area (Å²) in [4.78, 5) is 48.6. The molecule has 13 nitrogen and oxygen atoms in total. The molecule has 0 saturated carbocycles. The van der Waals surface area contributed by atoms with Crippen molar-refractivity contribution >= 4 is 35.5 Å². The van der Waals surface area contributed by atoms with Crippen molar-refractivity contribution < 1.29 is 64.5 Å². The standard InChI is InChI=1S/C34H37IN4O9/c1-19-10-21-16-36-24-14-29(27(44-3)12-22(24)31(40)37(21)17-19)46-8-6-5-7-9-47-30-15-25-23(13-28(30)45-4)32(41)38-18-20(2)11-26(38)33(42)39(25)34(43)48-35/h12-16,21,26,33,42H,1-2,5-11,17-18H2,3-4H3/q-1/t21-,26-,33-/m0/s1. The fourth-order valence-electron chi connectivity index (χ4n) is 6.57. The van der Waals surface area contributed by atoms with Crippen LogP contribution in [0.5, 0.6) is 23.0 Å². The summed E-state index contributed by atoms with van der Waals surface area (Å²) in [6.45, 7) is 9.51. The van der Waals surface area contributed by atoms with Gasteiger partial charge in [-0.1, -0.05) is 24.3 Å². The van der Waals surface area contributed by atoms with E-state index in [-0.39, 0.29) is 35.7 Å². The third-order valence-corrected chi connectivity index (χ3v) is 9.33. The van der Waals surface area contributed by atoms with Gasteiger partial charge in [0.25, 0.3) is 11.8 Å². The molecule has 0 bridgehead atoms. The number of methoxy groups -OCH3 is 2. The van der Waals surface area contributed by atoms with Crippen molar-refractivity contribution in [3.63, 3.8) is 0 Å². The van der Waals surface area contributed by atoms with Crippen LogP contribution in [0.25, 0.3) is 0 Å². The van der Waals surface area contributed by atoms with Crippen LogP contribution in [0.3, 0.4) is 0 Å². The lowest BCUT2D eigenvalue weighted by Gasteiger charge is -2.32. The van der Waals surface area contributed by atoms with Gasteiger partial charge < -0.3 is 59.9 Å². The Morgan fingerprint density at radius 1 is 0.875 bits per heavy atom. The number of hydrogen-bond acceptors (Lipinski definition) is 10. The van der Waals surface area contributed by atoms with Crippen molar-refractivity contribution in [3.05, 3.63) is 59.7 Å². The molecule has 4 aliphatic heterocycles. The largest absolute Gasteiger partial charge is 0.609 e. The smallest absolute Gasteiger partial charge is 0.390 e. The van der Waals surface area contributed by atoms with E-state index in [1.165, 1.54) is 54.3 Å². The van der Waals surface area contributed by atoms with Gasteiger partial charge >= 0.3 is 6.09 Å². The Labute approximate surface area is 292 Å². The molecular weight excluding hydrogens is 735 g/mol. The maximum Gasteiger partial charge on any atom is 0.390 e. The molecule has 255 valence electrons. The number of aliphatic imine (C=N–C) groups is 1. The molecule has 14 heteroatoms. The van der Waals surface area contributed by atoms with Crippen molar-refractivity contribution in [2.75, 3.05) is 45.4 Å². The minimum absolute atomic E-state index is 0.0973. The molecule has 2 saturated heterocycles. The number of fused-ring (bicyclic) bond motifs is 4. The zero-order valence-electron chi connectivity index (χ0n) is 26.8. The molecule has 6 rings (SSSR count). The predicted molar refractivity (Wildman–Crippen MR) is 171 cm³/mol. The molecule has 2 aromatic carbocycles. The number of aliphatic hydroxyl groups excluding tert-OH is 1. The van der Waals surface area contributed by atoms with Gasteiger partial charge in [-0.2, -0.15) is 0 Å². The zero-order valence-corrected chi connectivity index (χ0v) is 28.9. The molecule has 0 spiro atoms. The summed E-state index contributed by atoms with van der Waals surface area (Å²) in [5, 5.41) is 11.2. The average Bonchev–Trinajstić information content (AvgIpc) is 3.62. The third-order valence-electron chi connectivity index (χ3n) is 8.95. The van der Waals surface area contributed by atoms with Crippen LogP contribution in [0.1, 0.15) is 52.8 Å². The van der Waals surface area contributed by atoms with Gasteiger partial charge in [0.05, 0.1) is 62.0 Å². The number of halogens is 1. The highest BCUT2D eigenvalue weighted by Gasteiger charge is 2.46. The van der Waals surface area contributed by atoms with Crippen LogP contribution in [0, 0.1) is 0 Å². The normalized spacial score (nSPS) is 21.2. The van der Waals surface area contributed by atoms with Crippen LogP contribution < -0.4 is 46.9 Å². The van der Waals surface area contributed by atoms with E-state index in [9.17, 15) is 19.5 Å². The molecule has 48 heavy (non-hydrogen) atoms. The SMILES string of the molecule is C=C1C[C@H]2C=Nc3cc(OCCCCCOc4cc5c(cc4OC)C(=O)N4CC(=C)C[C@H]4[C@H](O)N5C(=O)O[I-])c(OC)cc3C(=O)N2C1. The molecule has 1 radical (unpaired) electrons. The quantitative estimate of drug-likeness (QED) is 0.216. The van der Waals surface area contributed by atoms with Gasteiger partial charge in [-0.25, -0.2) is 4.79 Å². The maximum atomic E-state index is 13.6. The number of rotatable bonds is 10. The van der Waals surface area contributed by atoms with E-state index >= 15 is 0 Å². The van der Waals surface area contributed by atoms with E-state index in [0.717, 1.165) is 22.5 Å². The van der Waals surface area contributed by atoms with E-state index < -0.39 is 18.4 Å². The molecule has 2 aromatic rings. The van der Waals surface area contributed by atoms with Crippen molar-refractivity contribution in [1.29, 1.82) is 0 Å². The highest BCUT2D eigenvalue weighted by molar-refractivity contribution is 6.06. The molecule has 0 unspecified atom stereocenters. The lowest BCUT2D eigenvalue weighted by Crippen LogP contribution is -3.34. The van der Waals surface area contributed by atoms with Gasteiger partial charge in [0.1, 0.15) is 0 Å². The number of unbranched alkanes of at least 4 members (excludes halogenated alkanes) is 2. The molecule has 2 fully saturated rings. The average molecular weight is 773 g/mol. The molecule has 4 heterocycles. The Balaban J connectivity index is 1.08. The number of hydrogen-bond donors (Lipinski definition) is 1. The summed E-state index contributed by atoms with van der Waals surface area (Å²) >= 11 is 1.46. The van der Waals surface area contributed by atoms with Crippen molar-refractivity contribution in [3.8, 4) is 23.0 Å². The van der Waals surface area contributed by atoms with E-state index in [2.05, 4.69) is 18.2 Å². The Morgan fingerprint density at radius 3 is 2.15 bits per heavy atom. The maximum absolute atomic E-state index is 13.6. The number of carbonyl (C=O) groups excluding carboxylic acids is 3. The van der Waals surface area contributed by atoms with Crippen LogP contribution in [0.15, 0.2) is 53.6 Å². The highest BCUT2D eigenvalue weighted by atomic mass is 127. The third kappa shape index (κ3) is 6.30. The molecule has 0 aromatic heterocycles. The molecule has 0 aliphatic carbocycles. The zero-order chi connectivity index (χ0) is 34.1. The second kappa shape index (κ2) is 14.0. The number of carbonyl (C=O) groups is 3. The van der Waals surface area contributed by atoms with Gasteiger partial charge in [0.2, 0.25) is 0 Å². The first-order chi connectivity index (χ1) is 23.1. The summed E-state index contributed by atoms with van der Waals surface area (Å²) in [5.74, 6) is 1.16. The second-order valence-corrected chi connectivity index (χ2v) is 12.6. The number of anilines is 1. The Kier molecular flexibility index (Phi) is 9.83. The summed E-state index contributed by atoms with van der Waals surface area (Å²) in [6, 6.07) is 5.72. The van der Waals surface area contributed by atoms with Gasteiger partial charge in [-0.15, -0.1) is 0 Å². The van der Waals surface area contributed by atoms with Crippen LogP contribution in [-0.2, 0) is 3.07 Å². The first-order valence-electron chi connectivity index (χ1n) is 15.6. The lowest BCUT2D eigenvalue weighted by molar-refractivity contribution is -0.653. The van der Waals surface area contributed by atoms with Crippen LogP contribution in [0.2, 0.25) is 0 Å². The summed E-state index contributed by atoms with van der Waals surface area (Å²) in [5.41, 5.74) is 3.16. The van der Waals surface area contributed by atoms with E-state index in [4.69, 9.17) is 22.0 Å². The van der Waals surface area contributed by atoms with E-state index in [1.54, 1.807) is 23.2 Å². The van der Waals surface area contributed by atoms with E-state index in [0.29, 0.717) is 79.7 Å². The summed E-state index contributed by atoms with van der Waals surface area (Å²) in [6.07, 6.45) is 2.85. The minimum atomic E-state index is -1.35. The van der Waals surface area contributed by atoms with Crippen LogP contribution in [-0.4, -0.2) is 97.9 Å². The first-order valence-corrected chi connectivity index (χ1v) is 16.5. The van der Waals surface area contributed by atoms with Gasteiger partial charge in [0.15, 0.2) is 29.2 Å². The number of benzene rings is 2. The Hall–Kier alpha value is -4.31. The monoisotopic (exact) mass is 772 g/mol. The number of nitrogens with zero attached hydrogens (tertiary/aromatic N) is 4. The van der Waals surface area contributed by atoms with Crippen LogP contribution in [0.4, 0.5) is 16.2 Å². The number of ether oxygens (including phenoxy) is 4. The van der Waals surface area contributed by atoms with Gasteiger partial charge in [-0.3, -0.25) is 19.5 Å². The van der Waals surface area contributed by atoms with E-state index in [1.807, 2.05) is 0 Å². The van der Waals surface area contributed by atoms with Crippen molar-refractivity contribution in [1.82, 2.24) is 9.80 Å². The van der Waals surface area contributed by atoms with Gasteiger partial charge in [0, 0.05) is 31.4 Å². The fourth-order valence-corrected chi connectivity index (χ4v) is 6.78. The molecule has 3 atom stereocenters. The topological polar surface area (TPSA) is 140 Å². The van der Waals surface area contributed by atoms with Crippen LogP contribution >= 0.6 is 0 Å². The Morgan fingerprint density at radius 2 is 1.48 bits per heavy atom. The molecule has 1 N–H and O–H groups in total. The minimum Gasteiger partial charge on any atom is -0.609 e. The second-order valence-electron chi connectivity index (χ2n) is 12.1. The highest BCUT2D eigenvalue weighted by Crippen LogP contribution is 2.42. The molecule has 3 amide bonds. The van der Waals surface area contributed by atoms with Gasteiger partial charge in [-0.05, 0) is 44.2 Å². The number of amides is 3. The predicted octanol–water partition coefficient (Wildman–Crippen LogP) is 1.33. The Bertz CT molecular complexity index is 1690. The molecule has 4 aliphatic rings. The fraction of sp³-hybridized carbons (Fsp3) is 0.412. The van der Waals surface area contributed by atoms with Crippen molar-refractivity contribution in [2.24, 2.45) is 4.99 Å². The summed E-state index contributed by atoms with van der Waals surface area (Å²) < 4.78 is 28.1. The molecular formula is C34H37IN4O9-. The summed E-state index contributed by atoms with van der Waals surface area (Å²) in [7, 11) is 3.01. The first kappa shape index (κ1) is 33.6. The lowest BCUT2D eigenvalue weighted by atomic mass is 10.1. The number of aliphatic hydroxyl groups is 1.